The number of carbonyl (C=O) groups is 1. The maximum atomic E-state index is 12.6. The normalized spacial score (nSPS) is 21.5. The lowest BCUT2D eigenvalue weighted by molar-refractivity contribution is 0.0326. The van der Waals surface area contributed by atoms with Gasteiger partial charge in [-0.05, 0) is 68.8 Å². The van der Waals surface area contributed by atoms with Crippen molar-refractivity contribution in [1.82, 2.24) is 25.1 Å². The molecule has 1 spiro atoms. The van der Waals surface area contributed by atoms with E-state index in [1.54, 1.807) is 6.07 Å². The van der Waals surface area contributed by atoms with Crippen molar-refractivity contribution in [3.63, 3.8) is 0 Å². The smallest absolute Gasteiger partial charge is 0.270 e. The van der Waals surface area contributed by atoms with Crippen LogP contribution in [0.2, 0.25) is 0 Å². The molecule has 1 atom stereocenters. The van der Waals surface area contributed by atoms with Gasteiger partial charge in [0.15, 0.2) is 0 Å². The van der Waals surface area contributed by atoms with Gasteiger partial charge in [-0.15, -0.1) is 0 Å². The zero-order valence-corrected chi connectivity index (χ0v) is 20.0. The largest absolute Gasteiger partial charge is 0.390 e. The molecule has 0 bridgehead atoms. The molecule has 1 aliphatic carbocycles. The van der Waals surface area contributed by atoms with E-state index in [9.17, 15) is 9.90 Å². The molecular formula is C26H36N6O2. The number of aromatic nitrogens is 2. The summed E-state index contributed by atoms with van der Waals surface area (Å²) in [7, 11) is 2.19. The minimum atomic E-state index is -0.630. The molecule has 8 heteroatoms. The fourth-order valence-electron chi connectivity index (χ4n) is 5.73. The highest BCUT2D eigenvalue weighted by atomic mass is 16.3. The molecule has 2 fully saturated rings. The van der Waals surface area contributed by atoms with Gasteiger partial charge in [-0.1, -0.05) is 24.3 Å². The number of piperidine rings is 1. The Balaban J connectivity index is 1.07. The molecule has 34 heavy (non-hydrogen) atoms. The van der Waals surface area contributed by atoms with Crippen LogP contribution in [0.1, 0.15) is 47.3 Å². The number of aliphatic hydroxyl groups is 1. The molecule has 3 N–H and O–H groups in total. The summed E-state index contributed by atoms with van der Waals surface area (Å²) in [5.41, 5.74) is 3.52. The SMILES string of the molecule is CN1CCC2(CC1)CC(Nc1cc(C(=O)NC[C@H](O)CN3CCc4ccccc4C3)ncn1)C2. The summed E-state index contributed by atoms with van der Waals surface area (Å²) >= 11 is 0. The minimum Gasteiger partial charge on any atom is -0.390 e. The Bertz CT molecular complexity index is 998. The Morgan fingerprint density at radius 3 is 2.74 bits per heavy atom. The molecule has 3 aliphatic rings. The van der Waals surface area contributed by atoms with E-state index in [0.29, 0.717) is 29.5 Å². The maximum absolute atomic E-state index is 12.6. The van der Waals surface area contributed by atoms with Crippen LogP contribution >= 0.6 is 0 Å². The summed E-state index contributed by atoms with van der Waals surface area (Å²) in [4.78, 5) is 25.7. The van der Waals surface area contributed by atoms with E-state index < -0.39 is 6.10 Å². The number of β-amino-alcohol motifs (C(OH)–C–C–N with tert-alkyl or cyclic N) is 1. The number of nitrogens with zero attached hydrogens (tertiary/aromatic N) is 4. The van der Waals surface area contributed by atoms with Crippen LogP contribution in [0.5, 0.6) is 0 Å². The van der Waals surface area contributed by atoms with Crippen LogP contribution in [0, 0.1) is 5.41 Å². The third kappa shape index (κ3) is 5.40. The number of aliphatic hydroxyl groups excluding tert-OH is 1. The Morgan fingerprint density at radius 1 is 1.18 bits per heavy atom. The van der Waals surface area contributed by atoms with Crippen LogP contribution in [-0.4, -0.2) is 82.7 Å². The zero-order chi connectivity index (χ0) is 23.5. The van der Waals surface area contributed by atoms with Crippen molar-refractivity contribution in [2.45, 2.75) is 50.8 Å². The molecule has 3 heterocycles. The summed E-state index contributed by atoms with van der Waals surface area (Å²) in [6.07, 6.45) is 6.67. The number of carbonyl (C=O) groups excluding carboxylic acids is 1. The predicted octanol–water partition coefficient (Wildman–Crippen LogP) is 1.91. The van der Waals surface area contributed by atoms with Crippen LogP contribution < -0.4 is 10.6 Å². The quantitative estimate of drug-likeness (QED) is 0.576. The molecule has 1 saturated heterocycles. The molecule has 0 unspecified atom stereocenters. The van der Waals surface area contributed by atoms with Crippen molar-refractivity contribution in [2.24, 2.45) is 5.41 Å². The Hall–Kier alpha value is -2.55. The van der Waals surface area contributed by atoms with E-state index in [2.05, 4.69) is 61.7 Å². The number of likely N-dealkylation sites (tertiary alicyclic amines) is 1. The van der Waals surface area contributed by atoms with Gasteiger partial charge in [0, 0.05) is 38.3 Å². The summed E-state index contributed by atoms with van der Waals surface area (Å²) in [5, 5.41) is 16.8. The molecule has 1 aromatic carbocycles. The van der Waals surface area contributed by atoms with Gasteiger partial charge in [0.25, 0.3) is 5.91 Å². The number of nitrogens with one attached hydrogen (secondary N) is 2. The van der Waals surface area contributed by atoms with Gasteiger partial charge in [-0.2, -0.15) is 0 Å². The second-order valence-corrected chi connectivity index (χ2v) is 10.5. The first kappa shape index (κ1) is 23.2. The highest BCUT2D eigenvalue weighted by molar-refractivity contribution is 5.92. The van der Waals surface area contributed by atoms with Crippen LogP contribution in [0.4, 0.5) is 5.82 Å². The molecule has 8 nitrogen and oxygen atoms in total. The van der Waals surface area contributed by atoms with Gasteiger partial charge >= 0.3 is 0 Å². The van der Waals surface area contributed by atoms with Gasteiger partial charge in [0.2, 0.25) is 0 Å². The van der Waals surface area contributed by atoms with Gasteiger partial charge in [-0.25, -0.2) is 9.97 Å². The summed E-state index contributed by atoms with van der Waals surface area (Å²) < 4.78 is 0. The number of anilines is 1. The van der Waals surface area contributed by atoms with E-state index >= 15 is 0 Å². The van der Waals surface area contributed by atoms with Gasteiger partial charge in [-0.3, -0.25) is 9.69 Å². The molecular weight excluding hydrogens is 428 g/mol. The number of amides is 1. The van der Waals surface area contributed by atoms with Crippen molar-refractivity contribution in [3.8, 4) is 0 Å². The van der Waals surface area contributed by atoms with Crippen LogP contribution in [0.3, 0.4) is 0 Å². The molecule has 1 saturated carbocycles. The topological polar surface area (TPSA) is 93.6 Å². The number of rotatable bonds is 7. The molecule has 1 amide bonds. The van der Waals surface area contributed by atoms with E-state index in [4.69, 9.17) is 0 Å². The molecule has 1 aromatic heterocycles. The second-order valence-electron chi connectivity index (χ2n) is 10.5. The van der Waals surface area contributed by atoms with Gasteiger partial charge < -0.3 is 20.6 Å². The molecule has 0 radical (unpaired) electrons. The lowest BCUT2D eigenvalue weighted by atomic mass is 9.60. The minimum absolute atomic E-state index is 0.198. The van der Waals surface area contributed by atoms with Gasteiger partial charge in [0.1, 0.15) is 17.8 Å². The number of benzene rings is 1. The van der Waals surface area contributed by atoms with Gasteiger partial charge in [0.05, 0.1) is 6.10 Å². The molecule has 182 valence electrons. The standard InChI is InChI=1S/C26H36N6O2/c1-31-10-7-26(8-11-31)13-21(14-26)30-24-12-23(28-18-29-24)25(34)27-15-22(33)17-32-9-6-19-4-2-3-5-20(19)16-32/h2-5,12,18,21-22,33H,6-11,13-17H2,1H3,(H,27,34)(H,28,29,30)/t22-/m0/s1. The lowest BCUT2D eigenvalue weighted by Crippen LogP contribution is -2.50. The fraction of sp³-hybridized carbons (Fsp3) is 0.577. The molecule has 2 aliphatic heterocycles. The van der Waals surface area contributed by atoms with Crippen LogP contribution in [-0.2, 0) is 13.0 Å². The molecule has 5 rings (SSSR count). The summed E-state index contributed by atoms with van der Waals surface area (Å²) in [6, 6.07) is 10.6. The average molecular weight is 465 g/mol. The first-order valence-corrected chi connectivity index (χ1v) is 12.5. The molecule has 2 aromatic rings. The Kier molecular flexibility index (Phi) is 6.81. The highest BCUT2D eigenvalue weighted by Gasteiger charge is 2.45. The second kappa shape index (κ2) is 9.98. The number of fused-ring (bicyclic) bond motifs is 1. The summed E-state index contributed by atoms with van der Waals surface area (Å²) in [6.45, 7) is 4.85. The maximum Gasteiger partial charge on any atom is 0.270 e. The Labute approximate surface area is 201 Å². The monoisotopic (exact) mass is 464 g/mol. The van der Waals surface area contributed by atoms with E-state index in [1.165, 1.54) is 56.2 Å². The van der Waals surface area contributed by atoms with Crippen molar-refractivity contribution in [1.29, 1.82) is 0 Å². The lowest BCUT2D eigenvalue weighted by Gasteiger charge is -2.52. The van der Waals surface area contributed by atoms with Crippen molar-refractivity contribution < 1.29 is 9.90 Å². The third-order valence-corrected chi connectivity index (χ3v) is 7.84. The van der Waals surface area contributed by atoms with E-state index in [1.807, 2.05) is 0 Å². The van der Waals surface area contributed by atoms with Crippen molar-refractivity contribution in [3.05, 3.63) is 53.5 Å². The average Bonchev–Trinajstić information content (AvgIpc) is 2.83. The number of hydrogen-bond donors (Lipinski definition) is 3. The van der Waals surface area contributed by atoms with Crippen LogP contribution in [0.25, 0.3) is 0 Å². The van der Waals surface area contributed by atoms with Crippen molar-refractivity contribution in [2.75, 3.05) is 45.1 Å². The first-order valence-electron chi connectivity index (χ1n) is 12.5. The third-order valence-electron chi connectivity index (χ3n) is 7.84. The zero-order valence-electron chi connectivity index (χ0n) is 20.0. The highest BCUT2D eigenvalue weighted by Crippen LogP contribution is 2.49. The van der Waals surface area contributed by atoms with E-state index in [0.717, 1.165) is 19.5 Å². The first-order chi connectivity index (χ1) is 16.5. The summed E-state index contributed by atoms with van der Waals surface area (Å²) in [5.74, 6) is 0.411. The number of hydrogen-bond acceptors (Lipinski definition) is 7. The Morgan fingerprint density at radius 2 is 1.94 bits per heavy atom. The predicted molar refractivity (Wildman–Crippen MR) is 132 cm³/mol. The van der Waals surface area contributed by atoms with Crippen molar-refractivity contribution >= 4 is 11.7 Å². The van der Waals surface area contributed by atoms with E-state index in [-0.39, 0.29) is 12.5 Å². The fourth-order valence-corrected chi connectivity index (χ4v) is 5.73. The van der Waals surface area contributed by atoms with Crippen LogP contribution in [0.15, 0.2) is 36.7 Å².